The molecule has 1 heterocycles. The molecule has 1 aromatic carbocycles. The fraction of sp³-hybridized carbons (Fsp3) is 0.286. The highest BCUT2D eigenvalue weighted by molar-refractivity contribution is 6.18. The van der Waals surface area contributed by atoms with Gasteiger partial charge in [-0.15, -0.1) is 11.6 Å². The molecule has 0 aliphatic rings. The Balaban J connectivity index is 2.25. The number of amides is 1. The quantitative estimate of drug-likeness (QED) is 0.872. The van der Waals surface area contributed by atoms with Gasteiger partial charge in [0.15, 0.2) is 0 Å². The monoisotopic (exact) mass is 277 g/mol. The molecule has 100 valence electrons. The second-order valence-electron chi connectivity index (χ2n) is 4.63. The number of aryl methyl sites for hydroxylation is 1. The first kappa shape index (κ1) is 13.6. The molecule has 1 N–H and O–H groups in total. The van der Waals surface area contributed by atoms with Crippen molar-refractivity contribution < 1.29 is 4.79 Å². The van der Waals surface area contributed by atoms with Crippen LogP contribution >= 0.6 is 11.6 Å². The summed E-state index contributed by atoms with van der Waals surface area (Å²) in [5.74, 6) is 0.104. The van der Waals surface area contributed by atoms with E-state index in [0.717, 1.165) is 5.56 Å². The molecule has 0 spiro atoms. The molecular formula is C14H16ClN3O. The Morgan fingerprint density at radius 2 is 2.05 bits per heavy atom. The molecule has 2 aromatic rings. The topological polar surface area (TPSA) is 46.9 Å². The number of alkyl halides is 1. The lowest BCUT2D eigenvalue weighted by atomic mass is 9.94. The summed E-state index contributed by atoms with van der Waals surface area (Å²) in [6.07, 6.45) is 1.59. The summed E-state index contributed by atoms with van der Waals surface area (Å²) in [6.45, 7) is 1.91. The van der Waals surface area contributed by atoms with Crippen molar-refractivity contribution in [3.05, 3.63) is 53.9 Å². The molecule has 2 rings (SSSR count). The van der Waals surface area contributed by atoms with Crippen LogP contribution in [0.5, 0.6) is 0 Å². The number of carbonyl (C=O) groups is 1. The Kier molecular flexibility index (Phi) is 3.90. The van der Waals surface area contributed by atoms with E-state index in [4.69, 9.17) is 11.6 Å². The van der Waals surface area contributed by atoms with E-state index in [0.29, 0.717) is 11.6 Å². The smallest absolute Gasteiger partial charge is 0.270 e. The third-order valence-electron chi connectivity index (χ3n) is 3.12. The van der Waals surface area contributed by atoms with Crippen LogP contribution < -0.4 is 5.32 Å². The Morgan fingerprint density at radius 1 is 1.37 bits per heavy atom. The number of nitrogens with one attached hydrogen (secondary N) is 1. The SMILES string of the molecule is Cn1nccc1C(=O)NC(C)(CCl)c1ccccc1. The van der Waals surface area contributed by atoms with Crippen LogP contribution in [0.2, 0.25) is 0 Å². The second-order valence-corrected chi connectivity index (χ2v) is 4.89. The van der Waals surface area contributed by atoms with Gasteiger partial charge in [-0.1, -0.05) is 30.3 Å². The molecule has 0 saturated heterocycles. The molecule has 5 heteroatoms. The molecule has 1 atom stereocenters. The third kappa shape index (κ3) is 2.79. The lowest BCUT2D eigenvalue weighted by molar-refractivity contribution is 0.0903. The van der Waals surface area contributed by atoms with Crippen molar-refractivity contribution in [3.63, 3.8) is 0 Å². The number of aromatic nitrogens is 2. The van der Waals surface area contributed by atoms with Gasteiger partial charge in [0.05, 0.1) is 5.54 Å². The van der Waals surface area contributed by atoms with Gasteiger partial charge in [0.1, 0.15) is 5.69 Å². The molecule has 0 aliphatic heterocycles. The second kappa shape index (κ2) is 5.45. The molecule has 0 saturated carbocycles. The minimum absolute atomic E-state index is 0.188. The maximum absolute atomic E-state index is 12.2. The number of rotatable bonds is 4. The lowest BCUT2D eigenvalue weighted by Gasteiger charge is -2.29. The number of carbonyl (C=O) groups excluding carboxylic acids is 1. The van der Waals surface area contributed by atoms with Crippen molar-refractivity contribution in [1.82, 2.24) is 15.1 Å². The van der Waals surface area contributed by atoms with Crippen molar-refractivity contribution in [1.29, 1.82) is 0 Å². The van der Waals surface area contributed by atoms with Gasteiger partial charge in [-0.05, 0) is 18.6 Å². The highest BCUT2D eigenvalue weighted by atomic mass is 35.5. The van der Waals surface area contributed by atoms with Crippen molar-refractivity contribution in [2.24, 2.45) is 7.05 Å². The van der Waals surface area contributed by atoms with Crippen molar-refractivity contribution in [2.75, 3.05) is 5.88 Å². The van der Waals surface area contributed by atoms with Crippen LogP contribution in [0, 0.1) is 0 Å². The normalized spacial score (nSPS) is 13.8. The fourth-order valence-corrected chi connectivity index (χ4v) is 2.12. The average molecular weight is 278 g/mol. The Morgan fingerprint density at radius 3 is 2.58 bits per heavy atom. The Labute approximate surface area is 117 Å². The molecule has 0 aliphatic carbocycles. The van der Waals surface area contributed by atoms with Gasteiger partial charge in [-0.3, -0.25) is 9.48 Å². The first-order valence-corrected chi connectivity index (χ1v) is 6.52. The van der Waals surface area contributed by atoms with Crippen LogP contribution in [-0.4, -0.2) is 21.6 Å². The standard InChI is InChI=1S/C14H16ClN3O/c1-14(10-15,11-6-4-3-5-7-11)17-13(19)12-8-9-16-18(12)2/h3-9H,10H2,1-2H3,(H,17,19). The van der Waals surface area contributed by atoms with Crippen molar-refractivity contribution in [2.45, 2.75) is 12.5 Å². The fourth-order valence-electron chi connectivity index (χ4n) is 1.90. The zero-order chi connectivity index (χ0) is 13.9. The van der Waals surface area contributed by atoms with Crippen molar-refractivity contribution in [3.8, 4) is 0 Å². The van der Waals surface area contributed by atoms with E-state index in [-0.39, 0.29) is 5.91 Å². The van der Waals surface area contributed by atoms with Crippen molar-refractivity contribution >= 4 is 17.5 Å². The predicted octanol–water partition coefficient (Wildman–Crippen LogP) is 2.30. The molecule has 1 unspecified atom stereocenters. The summed E-state index contributed by atoms with van der Waals surface area (Å²) in [5.41, 5.74) is 0.872. The maximum atomic E-state index is 12.2. The van der Waals surface area contributed by atoms with E-state index in [9.17, 15) is 4.79 Å². The van der Waals surface area contributed by atoms with Crippen LogP contribution in [0.3, 0.4) is 0 Å². The highest BCUT2D eigenvalue weighted by Crippen LogP contribution is 2.22. The molecule has 1 amide bonds. The van der Waals surface area contributed by atoms with E-state index in [1.807, 2.05) is 37.3 Å². The molecule has 0 fully saturated rings. The number of nitrogens with zero attached hydrogens (tertiary/aromatic N) is 2. The third-order valence-corrected chi connectivity index (χ3v) is 3.66. The molecule has 0 bridgehead atoms. The number of hydrogen-bond donors (Lipinski definition) is 1. The van der Waals surface area contributed by atoms with E-state index < -0.39 is 5.54 Å². The first-order chi connectivity index (χ1) is 9.07. The summed E-state index contributed by atoms with van der Waals surface area (Å²) in [5, 5.41) is 6.96. The summed E-state index contributed by atoms with van der Waals surface area (Å²) in [6, 6.07) is 11.4. The minimum Gasteiger partial charge on any atom is -0.340 e. The van der Waals surface area contributed by atoms with Crippen LogP contribution in [0.25, 0.3) is 0 Å². The molecular weight excluding hydrogens is 262 g/mol. The van der Waals surface area contributed by atoms with E-state index in [1.54, 1.807) is 19.3 Å². The zero-order valence-electron chi connectivity index (χ0n) is 10.9. The lowest BCUT2D eigenvalue weighted by Crippen LogP contribution is -2.45. The number of hydrogen-bond acceptors (Lipinski definition) is 2. The highest BCUT2D eigenvalue weighted by Gasteiger charge is 2.28. The van der Waals surface area contributed by atoms with Gasteiger partial charge in [0.25, 0.3) is 5.91 Å². The van der Waals surface area contributed by atoms with E-state index in [2.05, 4.69) is 10.4 Å². The predicted molar refractivity (Wildman–Crippen MR) is 75.2 cm³/mol. The van der Waals surface area contributed by atoms with Gasteiger partial charge < -0.3 is 5.32 Å². The molecule has 4 nitrogen and oxygen atoms in total. The van der Waals surface area contributed by atoms with Gasteiger partial charge in [0, 0.05) is 19.1 Å². The van der Waals surface area contributed by atoms with E-state index >= 15 is 0 Å². The van der Waals surface area contributed by atoms with Crippen LogP contribution in [0.1, 0.15) is 23.0 Å². The first-order valence-electron chi connectivity index (χ1n) is 5.99. The van der Waals surface area contributed by atoms with Gasteiger partial charge >= 0.3 is 0 Å². The summed E-state index contributed by atoms with van der Waals surface area (Å²) < 4.78 is 1.54. The van der Waals surface area contributed by atoms with Gasteiger partial charge in [-0.25, -0.2) is 0 Å². The molecule has 0 radical (unpaired) electrons. The minimum atomic E-state index is -0.607. The maximum Gasteiger partial charge on any atom is 0.270 e. The van der Waals surface area contributed by atoms with Crippen LogP contribution in [0.4, 0.5) is 0 Å². The molecule has 1 aromatic heterocycles. The largest absolute Gasteiger partial charge is 0.340 e. The summed E-state index contributed by atoms with van der Waals surface area (Å²) >= 11 is 6.05. The molecule has 19 heavy (non-hydrogen) atoms. The number of benzene rings is 1. The summed E-state index contributed by atoms with van der Waals surface area (Å²) in [4.78, 5) is 12.2. The zero-order valence-corrected chi connectivity index (χ0v) is 11.7. The van der Waals surface area contributed by atoms with Crippen LogP contribution in [-0.2, 0) is 12.6 Å². The number of halogens is 1. The van der Waals surface area contributed by atoms with E-state index in [1.165, 1.54) is 4.68 Å². The Hall–Kier alpha value is -1.81. The van der Waals surface area contributed by atoms with Gasteiger partial charge in [0.2, 0.25) is 0 Å². The van der Waals surface area contributed by atoms with Gasteiger partial charge in [-0.2, -0.15) is 5.10 Å². The Bertz CT molecular complexity index is 567. The van der Waals surface area contributed by atoms with Crippen LogP contribution in [0.15, 0.2) is 42.6 Å². The summed E-state index contributed by atoms with van der Waals surface area (Å²) in [7, 11) is 1.73. The average Bonchev–Trinajstić information content (AvgIpc) is 2.86.